The molecule has 3 nitrogen and oxygen atoms in total. The van der Waals surface area contributed by atoms with Crippen molar-refractivity contribution in [2.75, 3.05) is 6.54 Å². The van der Waals surface area contributed by atoms with Crippen molar-refractivity contribution in [2.24, 2.45) is 5.73 Å². The molecular weight excluding hydrogens is 316 g/mol. The molecule has 4 heteroatoms. The Morgan fingerprint density at radius 1 is 1.15 bits per heavy atom. The fraction of sp³-hybridized carbons (Fsp3) is 0.188. The van der Waals surface area contributed by atoms with Crippen molar-refractivity contribution in [1.82, 2.24) is 4.98 Å². The molecule has 0 saturated carbocycles. The zero-order valence-electron chi connectivity index (χ0n) is 10.9. The Bertz CT molecular complexity index is 839. The summed E-state index contributed by atoms with van der Waals surface area (Å²) in [4.78, 5) is 14.9. The highest BCUT2D eigenvalue weighted by molar-refractivity contribution is 9.10. The van der Waals surface area contributed by atoms with E-state index in [2.05, 4.69) is 33.0 Å². The van der Waals surface area contributed by atoms with Crippen LogP contribution < -0.4 is 11.3 Å². The largest absolute Gasteiger partial charge is 0.330 e. The SMILES string of the molecule is NCCCc1cc2cc[nH]c(=O)c2c2cc(Br)ccc12. The Labute approximate surface area is 124 Å². The minimum Gasteiger partial charge on any atom is -0.330 e. The molecule has 0 aliphatic heterocycles. The van der Waals surface area contributed by atoms with Gasteiger partial charge in [0.2, 0.25) is 0 Å². The summed E-state index contributed by atoms with van der Waals surface area (Å²) >= 11 is 3.49. The summed E-state index contributed by atoms with van der Waals surface area (Å²) in [5, 5.41) is 3.85. The van der Waals surface area contributed by atoms with Gasteiger partial charge in [-0.1, -0.05) is 28.1 Å². The van der Waals surface area contributed by atoms with Crippen LogP contribution in [-0.2, 0) is 6.42 Å². The van der Waals surface area contributed by atoms with Crippen LogP contribution in [0.1, 0.15) is 12.0 Å². The fourth-order valence-electron chi connectivity index (χ4n) is 2.66. The maximum Gasteiger partial charge on any atom is 0.256 e. The standard InChI is InChI=1S/C16H15BrN2O/c17-12-3-4-13-10(2-1-6-18)8-11-5-7-19-16(20)15(11)14(13)9-12/h3-5,7-9H,1-2,6,18H2,(H,19,20). The van der Waals surface area contributed by atoms with Gasteiger partial charge in [0.15, 0.2) is 0 Å². The molecule has 3 rings (SSSR count). The molecular formula is C16H15BrN2O. The molecule has 1 aromatic heterocycles. The number of aromatic nitrogens is 1. The second-order valence-electron chi connectivity index (χ2n) is 4.89. The van der Waals surface area contributed by atoms with Gasteiger partial charge in [-0.25, -0.2) is 0 Å². The van der Waals surface area contributed by atoms with E-state index in [-0.39, 0.29) is 5.56 Å². The smallest absolute Gasteiger partial charge is 0.256 e. The first-order valence-corrected chi connectivity index (χ1v) is 7.42. The summed E-state index contributed by atoms with van der Waals surface area (Å²) in [6.45, 7) is 0.672. The van der Waals surface area contributed by atoms with E-state index in [0.717, 1.165) is 38.9 Å². The molecule has 0 aliphatic rings. The molecule has 0 spiro atoms. The van der Waals surface area contributed by atoms with E-state index in [1.807, 2.05) is 18.2 Å². The Morgan fingerprint density at radius 3 is 2.80 bits per heavy atom. The van der Waals surface area contributed by atoms with Crippen molar-refractivity contribution >= 4 is 37.5 Å². The fourth-order valence-corrected chi connectivity index (χ4v) is 3.02. The number of fused-ring (bicyclic) bond motifs is 3. The number of nitrogens with two attached hydrogens (primary N) is 1. The molecule has 102 valence electrons. The lowest BCUT2D eigenvalue weighted by atomic mass is 9.96. The molecule has 1 heterocycles. The Balaban J connectivity index is 2.42. The van der Waals surface area contributed by atoms with Crippen molar-refractivity contribution < 1.29 is 0 Å². The number of benzene rings is 2. The van der Waals surface area contributed by atoms with Gasteiger partial charge in [-0.15, -0.1) is 0 Å². The number of halogens is 1. The van der Waals surface area contributed by atoms with Gasteiger partial charge in [-0.05, 0) is 59.3 Å². The van der Waals surface area contributed by atoms with Crippen LogP contribution in [0.5, 0.6) is 0 Å². The summed E-state index contributed by atoms with van der Waals surface area (Å²) in [6.07, 6.45) is 3.57. The molecule has 0 saturated heterocycles. The molecule has 0 bridgehead atoms. The number of hydrogen-bond donors (Lipinski definition) is 2. The Kier molecular flexibility index (Phi) is 3.59. The van der Waals surface area contributed by atoms with Crippen LogP contribution in [0.2, 0.25) is 0 Å². The molecule has 0 fully saturated rings. The summed E-state index contributed by atoms with van der Waals surface area (Å²) < 4.78 is 0.977. The highest BCUT2D eigenvalue weighted by atomic mass is 79.9. The molecule has 3 aromatic rings. The van der Waals surface area contributed by atoms with E-state index in [1.54, 1.807) is 6.20 Å². The monoisotopic (exact) mass is 330 g/mol. The van der Waals surface area contributed by atoms with Crippen LogP contribution in [0, 0.1) is 0 Å². The number of hydrogen-bond acceptors (Lipinski definition) is 2. The number of H-pyrrole nitrogens is 1. The molecule has 0 aliphatic carbocycles. The van der Waals surface area contributed by atoms with Gasteiger partial charge in [0.1, 0.15) is 0 Å². The van der Waals surface area contributed by atoms with Crippen LogP contribution in [-0.4, -0.2) is 11.5 Å². The second-order valence-corrected chi connectivity index (χ2v) is 5.80. The quantitative estimate of drug-likeness (QED) is 0.723. The van der Waals surface area contributed by atoms with Gasteiger partial charge in [-0.3, -0.25) is 4.79 Å². The van der Waals surface area contributed by atoms with Crippen LogP contribution in [0.25, 0.3) is 21.5 Å². The van der Waals surface area contributed by atoms with Crippen molar-refractivity contribution in [3.8, 4) is 0 Å². The van der Waals surface area contributed by atoms with Crippen molar-refractivity contribution in [2.45, 2.75) is 12.8 Å². The Morgan fingerprint density at radius 2 is 2.00 bits per heavy atom. The van der Waals surface area contributed by atoms with E-state index in [4.69, 9.17) is 5.73 Å². The molecule has 20 heavy (non-hydrogen) atoms. The molecule has 0 radical (unpaired) electrons. The molecule has 0 amide bonds. The minimum absolute atomic E-state index is 0.0454. The molecule has 0 atom stereocenters. The first-order chi connectivity index (χ1) is 9.70. The molecule has 2 aromatic carbocycles. The van der Waals surface area contributed by atoms with Crippen molar-refractivity contribution in [3.63, 3.8) is 0 Å². The predicted octanol–water partition coefficient (Wildman–Crippen LogP) is 3.34. The van der Waals surface area contributed by atoms with Gasteiger partial charge in [0, 0.05) is 10.7 Å². The van der Waals surface area contributed by atoms with Gasteiger partial charge in [0.25, 0.3) is 5.56 Å². The normalized spacial score (nSPS) is 11.3. The van der Waals surface area contributed by atoms with Crippen molar-refractivity contribution in [1.29, 1.82) is 0 Å². The maximum absolute atomic E-state index is 12.1. The van der Waals surface area contributed by atoms with Crippen LogP contribution in [0.15, 0.2) is 45.8 Å². The molecule has 3 N–H and O–H groups in total. The lowest BCUT2D eigenvalue weighted by Gasteiger charge is -2.10. The van der Waals surface area contributed by atoms with E-state index in [1.165, 1.54) is 5.56 Å². The van der Waals surface area contributed by atoms with E-state index in [9.17, 15) is 4.79 Å². The summed E-state index contributed by atoms with van der Waals surface area (Å²) in [6, 6.07) is 10.1. The third-order valence-corrected chi connectivity index (χ3v) is 4.06. The summed E-state index contributed by atoms with van der Waals surface area (Å²) in [5.41, 5.74) is 6.82. The van der Waals surface area contributed by atoms with Gasteiger partial charge in [-0.2, -0.15) is 0 Å². The maximum atomic E-state index is 12.1. The zero-order valence-corrected chi connectivity index (χ0v) is 12.5. The number of pyridine rings is 1. The van der Waals surface area contributed by atoms with E-state index in [0.29, 0.717) is 6.54 Å². The highest BCUT2D eigenvalue weighted by Crippen LogP contribution is 2.29. The third kappa shape index (κ3) is 2.25. The average molecular weight is 331 g/mol. The first-order valence-electron chi connectivity index (χ1n) is 6.63. The first kappa shape index (κ1) is 13.3. The number of nitrogens with one attached hydrogen (secondary N) is 1. The topological polar surface area (TPSA) is 58.9 Å². The van der Waals surface area contributed by atoms with Gasteiger partial charge in [0.05, 0.1) is 5.39 Å². The van der Waals surface area contributed by atoms with Gasteiger partial charge >= 0.3 is 0 Å². The third-order valence-electron chi connectivity index (χ3n) is 3.57. The lowest BCUT2D eigenvalue weighted by Crippen LogP contribution is -2.06. The number of aryl methyl sites for hydroxylation is 1. The van der Waals surface area contributed by atoms with Crippen molar-refractivity contribution in [3.05, 3.63) is 56.9 Å². The number of rotatable bonds is 3. The van der Waals surface area contributed by atoms with Crippen LogP contribution in [0.3, 0.4) is 0 Å². The van der Waals surface area contributed by atoms with E-state index < -0.39 is 0 Å². The minimum atomic E-state index is -0.0454. The van der Waals surface area contributed by atoms with Crippen LogP contribution >= 0.6 is 15.9 Å². The van der Waals surface area contributed by atoms with Crippen LogP contribution in [0.4, 0.5) is 0 Å². The summed E-state index contributed by atoms with van der Waals surface area (Å²) in [5.74, 6) is 0. The van der Waals surface area contributed by atoms with E-state index >= 15 is 0 Å². The zero-order chi connectivity index (χ0) is 14.1. The number of aromatic amines is 1. The second kappa shape index (κ2) is 5.38. The van der Waals surface area contributed by atoms with Gasteiger partial charge < -0.3 is 10.7 Å². The Hall–Kier alpha value is -1.65. The highest BCUT2D eigenvalue weighted by Gasteiger charge is 2.09. The predicted molar refractivity (Wildman–Crippen MR) is 87.2 cm³/mol. The lowest BCUT2D eigenvalue weighted by molar-refractivity contribution is 0.838. The summed E-state index contributed by atoms with van der Waals surface area (Å²) in [7, 11) is 0. The average Bonchev–Trinajstić information content (AvgIpc) is 2.44. The molecule has 0 unspecified atom stereocenters.